The second-order valence-electron chi connectivity index (χ2n) is 6.52. The molecule has 0 spiro atoms. The summed E-state index contributed by atoms with van der Waals surface area (Å²) >= 11 is 0. The van der Waals surface area contributed by atoms with Gasteiger partial charge in [-0.1, -0.05) is 50.3 Å². The van der Waals surface area contributed by atoms with Gasteiger partial charge in [0, 0.05) is 19.2 Å². The fourth-order valence-electron chi connectivity index (χ4n) is 3.24. The molecule has 1 aromatic carbocycles. The van der Waals surface area contributed by atoms with Gasteiger partial charge in [0.05, 0.1) is 6.54 Å². The molecule has 0 aromatic heterocycles. The molecular formula is C19H28N2O2. The molecular weight excluding hydrogens is 288 g/mol. The van der Waals surface area contributed by atoms with E-state index in [0.717, 1.165) is 12.3 Å². The molecule has 1 aliphatic rings. The Kier molecular flexibility index (Phi) is 7.11. The minimum atomic E-state index is -0.122. The fraction of sp³-hybridized carbons (Fsp3) is 0.579. The summed E-state index contributed by atoms with van der Waals surface area (Å²) in [5.41, 5.74) is 0.611. The predicted octanol–water partition coefficient (Wildman–Crippen LogP) is 3.24. The van der Waals surface area contributed by atoms with Crippen molar-refractivity contribution >= 4 is 11.8 Å². The van der Waals surface area contributed by atoms with Crippen molar-refractivity contribution in [1.29, 1.82) is 0 Å². The number of benzene rings is 1. The van der Waals surface area contributed by atoms with Gasteiger partial charge in [0.1, 0.15) is 0 Å². The summed E-state index contributed by atoms with van der Waals surface area (Å²) in [6, 6.07) is 9.05. The molecule has 0 aliphatic heterocycles. The Labute approximate surface area is 139 Å². The smallest absolute Gasteiger partial charge is 0.254 e. The number of likely N-dealkylation sites (N-methyl/N-ethyl adjacent to an activating group) is 1. The van der Waals surface area contributed by atoms with E-state index in [4.69, 9.17) is 0 Å². The van der Waals surface area contributed by atoms with Crippen LogP contribution in [-0.2, 0) is 4.79 Å². The van der Waals surface area contributed by atoms with Crippen molar-refractivity contribution < 1.29 is 9.59 Å². The molecule has 2 rings (SSSR count). The van der Waals surface area contributed by atoms with E-state index in [9.17, 15) is 9.59 Å². The van der Waals surface area contributed by atoms with Crippen molar-refractivity contribution in [2.75, 3.05) is 20.1 Å². The second-order valence-corrected chi connectivity index (χ2v) is 6.52. The highest BCUT2D eigenvalue weighted by atomic mass is 16.2. The lowest BCUT2D eigenvalue weighted by Crippen LogP contribution is -2.38. The van der Waals surface area contributed by atoms with Gasteiger partial charge in [-0.3, -0.25) is 9.59 Å². The van der Waals surface area contributed by atoms with Gasteiger partial charge in [-0.15, -0.1) is 0 Å². The molecule has 1 saturated carbocycles. The monoisotopic (exact) mass is 316 g/mol. The Morgan fingerprint density at radius 3 is 2.52 bits per heavy atom. The summed E-state index contributed by atoms with van der Waals surface area (Å²) in [6.07, 6.45) is 9.05. The van der Waals surface area contributed by atoms with Crippen LogP contribution in [0.5, 0.6) is 0 Å². The summed E-state index contributed by atoms with van der Waals surface area (Å²) in [6.45, 7) is 0.819. The van der Waals surface area contributed by atoms with E-state index in [1.165, 1.54) is 43.4 Å². The van der Waals surface area contributed by atoms with Crippen molar-refractivity contribution in [1.82, 2.24) is 10.2 Å². The van der Waals surface area contributed by atoms with E-state index in [1.54, 1.807) is 19.2 Å². The molecule has 4 nitrogen and oxygen atoms in total. The molecule has 0 bridgehead atoms. The van der Waals surface area contributed by atoms with Crippen molar-refractivity contribution in [3.8, 4) is 0 Å². The first kappa shape index (κ1) is 17.5. The van der Waals surface area contributed by atoms with Crippen molar-refractivity contribution in [2.45, 2.75) is 44.9 Å². The highest BCUT2D eigenvalue weighted by Gasteiger charge is 2.15. The lowest BCUT2D eigenvalue weighted by atomic mass is 9.86. The van der Waals surface area contributed by atoms with Crippen LogP contribution in [0.15, 0.2) is 30.3 Å². The molecule has 0 unspecified atom stereocenters. The van der Waals surface area contributed by atoms with E-state index in [0.29, 0.717) is 12.1 Å². The zero-order valence-electron chi connectivity index (χ0n) is 14.1. The van der Waals surface area contributed by atoms with Crippen LogP contribution in [0.1, 0.15) is 55.3 Å². The number of nitrogens with zero attached hydrogens (tertiary/aromatic N) is 1. The Hall–Kier alpha value is -1.84. The third-order valence-electron chi connectivity index (χ3n) is 4.58. The van der Waals surface area contributed by atoms with Crippen LogP contribution in [0.3, 0.4) is 0 Å². The quantitative estimate of drug-likeness (QED) is 0.785. The highest BCUT2D eigenvalue weighted by molar-refractivity contribution is 5.96. The fourth-order valence-corrected chi connectivity index (χ4v) is 3.24. The van der Waals surface area contributed by atoms with Gasteiger partial charge >= 0.3 is 0 Å². The van der Waals surface area contributed by atoms with Gasteiger partial charge in [-0.2, -0.15) is 0 Å². The molecule has 4 heteroatoms. The molecule has 23 heavy (non-hydrogen) atoms. The number of nitrogens with one attached hydrogen (secondary N) is 1. The van der Waals surface area contributed by atoms with Crippen LogP contribution in [0, 0.1) is 5.92 Å². The van der Waals surface area contributed by atoms with Crippen LogP contribution in [0.2, 0.25) is 0 Å². The molecule has 1 N–H and O–H groups in total. The third kappa shape index (κ3) is 6.05. The van der Waals surface area contributed by atoms with Crippen LogP contribution < -0.4 is 5.32 Å². The maximum absolute atomic E-state index is 12.2. The van der Waals surface area contributed by atoms with Gasteiger partial charge in [0.25, 0.3) is 5.91 Å². The molecule has 0 saturated heterocycles. The van der Waals surface area contributed by atoms with E-state index in [1.807, 2.05) is 18.2 Å². The average molecular weight is 316 g/mol. The average Bonchev–Trinajstić information content (AvgIpc) is 2.59. The van der Waals surface area contributed by atoms with Gasteiger partial charge < -0.3 is 10.2 Å². The third-order valence-corrected chi connectivity index (χ3v) is 4.58. The Balaban J connectivity index is 1.63. The summed E-state index contributed by atoms with van der Waals surface area (Å²) in [7, 11) is 1.66. The summed E-state index contributed by atoms with van der Waals surface area (Å²) in [5.74, 6) is 0.645. The van der Waals surface area contributed by atoms with E-state index in [-0.39, 0.29) is 18.4 Å². The van der Waals surface area contributed by atoms with Crippen LogP contribution in [-0.4, -0.2) is 36.9 Å². The molecule has 1 aromatic rings. The minimum absolute atomic E-state index is 0.0829. The van der Waals surface area contributed by atoms with E-state index in [2.05, 4.69) is 5.32 Å². The summed E-state index contributed by atoms with van der Waals surface area (Å²) in [5, 5.41) is 2.93. The van der Waals surface area contributed by atoms with Gasteiger partial charge in [0.15, 0.2) is 0 Å². The minimum Gasteiger partial charge on any atom is -0.355 e. The summed E-state index contributed by atoms with van der Waals surface area (Å²) in [4.78, 5) is 25.6. The predicted molar refractivity (Wildman–Crippen MR) is 92.2 cm³/mol. The number of hydrogen-bond acceptors (Lipinski definition) is 2. The second kappa shape index (κ2) is 9.33. The first-order valence-corrected chi connectivity index (χ1v) is 8.74. The van der Waals surface area contributed by atoms with Crippen molar-refractivity contribution in [3.63, 3.8) is 0 Å². The normalized spacial score (nSPS) is 15.2. The molecule has 126 valence electrons. The standard InChI is InChI=1S/C19H28N2O2/c1-21(19(23)17-12-6-3-7-13-17)15-18(22)20-14-8-11-16-9-4-2-5-10-16/h3,6-7,12-13,16H,2,4-5,8-11,14-15H2,1H3,(H,20,22). The maximum atomic E-state index is 12.2. The number of amides is 2. The zero-order chi connectivity index (χ0) is 16.5. The molecule has 2 amide bonds. The number of carbonyl (C=O) groups excluding carboxylic acids is 2. The lowest BCUT2D eigenvalue weighted by Gasteiger charge is -2.21. The van der Waals surface area contributed by atoms with E-state index < -0.39 is 0 Å². The van der Waals surface area contributed by atoms with Crippen molar-refractivity contribution in [3.05, 3.63) is 35.9 Å². The molecule has 0 heterocycles. The van der Waals surface area contributed by atoms with Crippen LogP contribution in [0.25, 0.3) is 0 Å². The van der Waals surface area contributed by atoms with Crippen LogP contribution in [0.4, 0.5) is 0 Å². The Morgan fingerprint density at radius 1 is 1.13 bits per heavy atom. The van der Waals surface area contributed by atoms with Gasteiger partial charge in [-0.05, 0) is 30.9 Å². The maximum Gasteiger partial charge on any atom is 0.254 e. The SMILES string of the molecule is CN(CC(=O)NCCCC1CCCCC1)C(=O)c1ccccc1. The topological polar surface area (TPSA) is 49.4 Å². The van der Waals surface area contributed by atoms with E-state index >= 15 is 0 Å². The summed E-state index contributed by atoms with van der Waals surface area (Å²) < 4.78 is 0. The first-order valence-electron chi connectivity index (χ1n) is 8.74. The lowest BCUT2D eigenvalue weighted by molar-refractivity contribution is -0.121. The Bertz CT molecular complexity index is 495. The number of hydrogen-bond donors (Lipinski definition) is 1. The largest absolute Gasteiger partial charge is 0.355 e. The molecule has 1 fully saturated rings. The zero-order valence-corrected chi connectivity index (χ0v) is 14.1. The Morgan fingerprint density at radius 2 is 1.83 bits per heavy atom. The van der Waals surface area contributed by atoms with Crippen LogP contribution >= 0.6 is 0 Å². The highest BCUT2D eigenvalue weighted by Crippen LogP contribution is 2.26. The van der Waals surface area contributed by atoms with Crippen molar-refractivity contribution in [2.24, 2.45) is 5.92 Å². The first-order chi connectivity index (χ1) is 11.2. The number of rotatable bonds is 7. The van der Waals surface area contributed by atoms with Gasteiger partial charge in [0.2, 0.25) is 5.91 Å². The molecule has 1 aliphatic carbocycles. The molecule has 0 atom stereocenters. The van der Waals surface area contributed by atoms with Gasteiger partial charge in [-0.25, -0.2) is 0 Å². The molecule has 0 radical (unpaired) electrons. The number of carbonyl (C=O) groups is 2.